The summed E-state index contributed by atoms with van der Waals surface area (Å²) in [6, 6.07) is 37.1. The highest BCUT2D eigenvalue weighted by Crippen LogP contribution is 2.34. The smallest absolute Gasteiger partial charge is 0.0105 e. The van der Waals surface area contributed by atoms with Crippen molar-refractivity contribution in [3.8, 4) is 33.4 Å². The molecule has 4 aromatic carbocycles. The van der Waals surface area contributed by atoms with Crippen LogP contribution in [-0.4, -0.2) is 0 Å². The van der Waals surface area contributed by atoms with Crippen LogP contribution in [0.25, 0.3) is 33.4 Å². The average Bonchev–Trinajstić information content (AvgIpc) is 2.74. The van der Waals surface area contributed by atoms with E-state index in [2.05, 4.69) is 124 Å². The molecule has 138 valence electrons. The molecule has 0 radical (unpaired) electrons. The zero-order chi connectivity index (χ0) is 19.6. The van der Waals surface area contributed by atoms with E-state index < -0.39 is 0 Å². The maximum absolute atomic E-state index is 2.25. The van der Waals surface area contributed by atoms with Gasteiger partial charge >= 0.3 is 0 Å². The molecule has 0 fully saturated rings. The fourth-order valence-corrected chi connectivity index (χ4v) is 3.61. The van der Waals surface area contributed by atoms with Gasteiger partial charge in [0.1, 0.15) is 0 Å². The van der Waals surface area contributed by atoms with Crippen LogP contribution in [0.1, 0.15) is 26.3 Å². The Hall–Kier alpha value is -3.12. The predicted molar refractivity (Wildman–Crippen MR) is 121 cm³/mol. The van der Waals surface area contributed by atoms with E-state index in [0.29, 0.717) is 0 Å². The van der Waals surface area contributed by atoms with Crippen LogP contribution in [0.3, 0.4) is 0 Å². The molecule has 4 aromatic rings. The summed E-state index contributed by atoms with van der Waals surface area (Å²) in [5, 5.41) is 0. The highest BCUT2D eigenvalue weighted by atomic mass is 14.2. The minimum absolute atomic E-state index is 0.172. The first-order valence-electron chi connectivity index (χ1n) is 9.88. The topological polar surface area (TPSA) is 0 Å². The van der Waals surface area contributed by atoms with Gasteiger partial charge in [-0.05, 0) is 44.4 Å². The number of hydrogen-bond acceptors (Lipinski definition) is 0. The Balaban J connectivity index is 1.70. The lowest BCUT2D eigenvalue weighted by Crippen LogP contribution is -2.10. The molecular weight excluding hydrogens is 336 g/mol. The maximum Gasteiger partial charge on any atom is -0.0105 e. The van der Waals surface area contributed by atoms with Crippen molar-refractivity contribution in [2.75, 3.05) is 0 Å². The zero-order valence-electron chi connectivity index (χ0n) is 16.8. The van der Waals surface area contributed by atoms with Crippen LogP contribution in [0, 0.1) is 0 Å². The Bertz CT molecular complexity index is 1050. The van der Waals surface area contributed by atoms with Gasteiger partial charge in [0.05, 0.1) is 0 Å². The largest absolute Gasteiger partial charge is 0.0622 e. The van der Waals surface area contributed by atoms with Crippen molar-refractivity contribution in [3.05, 3.63) is 109 Å². The molecule has 0 saturated heterocycles. The van der Waals surface area contributed by atoms with Crippen molar-refractivity contribution >= 4 is 0 Å². The number of rotatable bonds is 3. The quantitative estimate of drug-likeness (QED) is 0.346. The minimum atomic E-state index is 0.172. The van der Waals surface area contributed by atoms with Gasteiger partial charge in [-0.25, -0.2) is 0 Å². The van der Waals surface area contributed by atoms with E-state index in [9.17, 15) is 0 Å². The van der Waals surface area contributed by atoms with Crippen molar-refractivity contribution in [2.24, 2.45) is 0 Å². The van der Waals surface area contributed by atoms with E-state index in [0.717, 1.165) is 0 Å². The van der Waals surface area contributed by atoms with Crippen LogP contribution in [-0.2, 0) is 5.41 Å². The first kappa shape index (κ1) is 18.3. The van der Waals surface area contributed by atoms with Gasteiger partial charge < -0.3 is 0 Å². The van der Waals surface area contributed by atoms with Crippen LogP contribution in [0.2, 0.25) is 0 Å². The SMILES string of the molecule is CC(C)(C)c1ccc(-c2ccccc2-c2ccc(-c3ccccc3)cc2)cc1. The molecule has 0 aliphatic heterocycles. The Morgan fingerprint density at radius 1 is 0.393 bits per heavy atom. The van der Waals surface area contributed by atoms with Crippen LogP contribution >= 0.6 is 0 Å². The monoisotopic (exact) mass is 362 g/mol. The lowest BCUT2D eigenvalue weighted by molar-refractivity contribution is 0.590. The molecule has 0 bridgehead atoms. The normalized spacial score (nSPS) is 11.4. The van der Waals surface area contributed by atoms with E-state index >= 15 is 0 Å². The maximum atomic E-state index is 2.25. The summed E-state index contributed by atoms with van der Waals surface area (Å²) in [7, 11) is 0. The van der Waals surface area contributed by atoms with Gasteiger partial charge in [0.15, 0.2) is 0 Å². The molecule has 28 heavy (non-hydrogen) atoms. The summed E-state index contributed by atoms with van der Waals surface area (Å²) >= 11 is 0. The first-order valence-corrected chi connectivity index (χ1v) is 9.88. The van der Waals surface area contributed by atoms with Gasteiger partial charge in [0, 0.05) is 0 Å². The lowest BCUT2D eigenvalue weighted by Gasteiger charge is -2.19. The van der Waals surface area contributed by atoms with Crippen molar-refractivity contribution in [1.82, 2.24) is 0 Å². The summed E-state index contributed by atoms with van der Waals surface area (Å²) in [6.07, 6.45) is 0. The second kappa shape index (κ2) is 7.48. The third kappa shape index (κ3) is 3.77. The summed E-state index contributed by atoms with van der Waals surface area (Å²) in [4.78, 5) is 0. The second-order valence-electron chi connectivity index (χ2n) is 8.32. The number of hydrogen-bond donors (Lipinski definition) is 0. The molecule has 0 unspecified atom stereocenters. The first-order chi connectivity index (χ1) is 13.5. The van der Waals surface area contributed by atoms with Gasteiger partial charge in [-0.2, -0.15) is 0 Å². The Morgan fingerprint density at radius 2 is 0.786 bits per heavy atom. The predicted octanol–water partition coefficient (Wildman–Crippen LogP) is 7.99. The zero-order valence-corrected chi connectivity index (χ0v) is 16.8. The molecule has 0 atom stereocenters. The van der Waals surface area contributed by atoms with E-state index in [4.69, 9.17) is 0 Å². The third-order valence-electron chi connectivity index (χ3n) is 5.29. The fraction of sp³-hybridized carbons (Fsp3) is 0.143. The summed E-state index contributed by atoms with van der Waals surface area (Å²) in [5.74, 6) is 0. The molecule has 0 nitrogen and oxygen atoms in total. The van der Waals surface area contributed by atoms with E-state index in [1.54, 1.807) is 0 Å². The van der Waals surface area contributed by atoms with Gasteiger partial charge in [0.2, 0.25) is 0 Å². The molecule has 0 heterocycles. The molecule has 0 spiro atoms. The Morgan fingerprint density at radius 3 is 1.29 bits per heavy atom. The van der Waals surface area contributed by atoms with Gasteiger partial charge in [0.25, 0.3) is 0 Å². The van der Waals surface area contributed by atoms with Gasteiger partial charge in [-0.3, -0.25) is 0 Å². The average molecular weight is 363 g/mol. The van der Waals surface area contributed by atoms with Crippen LogP contribution in [0.15, 0.2) is 103 Å². The van der Waals surface area contributed by atoms with Crippen LogP contribution in [0.5, 0.6) is 0 Å². The molecule has 0 N–H and O–H groups in total. The highest BCUT2D eigenvalue weighted by Gasteiger charge is 2.14. The van der Waals surface area contributed by atoms with E-state index in [1.807, 2.05) is 0 Å². The highest BCUT2D eigenvalue weighted by molar-refractivity contribution is 5.84. The molecule has 0 amide bonds. The standard InChI is InChI=1S/C28H26/c1-28(2,3)25-19-17-24(18-20-25)27-12-8-7-11-26(27)23-15-13-22(14-16-23)21-9-5-4-6-10-21/h4-20H,1-3H3. The summed E-state index contributed by atoms with van der Waals surface area (Å²) < 4.78 is 0. The third-order valence-corrected chi connectivity index (χ3v) is 5.29. The molecular formula is C28H26. The molecule has 0 saturated carbocycles. The lowest BCUT2D eigenvalue weighted by atomic mass is 9.85. The van der Waals surface area contributed by atoms with E-state index in [1.165, 1.54) is 38.9 Å². The Labute approximate surface area is 168 Å². The van der Waals surface area contributed by atoms with Gasteiger partial charge in [-0.15, -0.1) is 0 Å². The minimum Gasteiger partial charge on any atom is -0.0622 e. The molecule has 0 aliphatic rings. The van der Waals surface area contributed by atoms with Gasteiger partial charge in [-0.1, -0.05) is 124 Å². The van der Waals surface area contributed by atoms with Crippen LogP contribution in [0.4, 0.5) is 0 Å². The Kier molecular flexibility index (Phi) is 4.88. The number of benzene rings is 4. The molecule has 4 rings (SSSR count). The molecule has 0 heteroatoms. The van der Waals surface area contributed by atoms with Crippen molar-refractivity contribution in [1.29, 1.82) is 0 Å². The molecule has 0 aromatic heterocycles. The van der Waals surface area contributed by atoms with Crippen molar-refractivity contribution in [2.45, 2.75) is 26.2 Å². The molecule has 0 aliphatic carbocycles. The van der Waals surface area contributed by atoms with Crippen molar-refractivity contribution < 1.29 is 0 Å². The van der Waals surface area contributed by atoms with E-state index in [-0.39, 0.29) is 5.41 Å². The van der Waals surface area contributed by atoms with Crippen LogP contribution < -0.4 is 0 Å². The summed E-state index contributed by atoms with van der Waals surface area (Å²) in [5.41, 5.74) is 9.08. The fourth-order valence-electron chi connectivity index (χ4n) is 3.61. The van der Waals surface area contributed by atoms with Crippen molar-refractivity contribution in [3.63, 3.8) is 0 Å². The second-order valence-corrected chi connectivity index (χ2v) is 8.32. The summed E-state index contributed by atoms with van der Waals surface area (Å²) in [6.45, 7) is 6.76.